The lowest BCUT2D eigenvalue weighted by molar-refractivity contribution is 0.710. The van der Waals surface area contributed by atoms with Gasteiger partial charge < -0.3 is 0 Å². The lowest BCUT2D eigenvalue weighted by Crippen LogP contribution is -2.36. The standard InChI is InChI=1S/C9H21ClSi/c1-9(2,3)11(4,5)8-6-7-10/h6-8H2,1-5H3. The van der Waals surface area contributed by atoms with Crippen molar-refractivity contribution < 1.29 is 0 Å². The lowest BCUT2D eigenvalue weighted by Gasteiger charge is -2.36. The van der Waals surface area contributed by atoms with Gasteiger partial charge in [0, 0.05) is 5.88 Å². The SMILES string of the molecule is CC(C)(C)[Si](C)(C)CCCCl. The summed E-state index contributed by atoms with van der Waals surface area (Å²) in [6.07, 6.45) is 1.19. The number of hydrogen-bond acceptors (Lipinski definition) is 0. The molecular formula is C9H21ClSi. The highest BCUT2D eigenvalue weighted by molar-refractivity contribution is 6.80. The highest BCUT2D eigenvalue weighted by Gasteiger charge is 2.33. The maximum Gasteiger partial charge on any atom is 0.0528 e. The van der Waals surface area contributed by atoms with Crippen LogP contribution in [0.3, 0.4) is 0 Å². The van der Waals surface area contributed by atoms with E-state index in [-0.39, 0.29) is 0 Å². The number of alkyl halides is 1. The van der Waals surface area contributed by atoms with E-state index in [1.165, 1.54) is 12.5 Å². The minimum Gasteiger partial charge on any atom is -0.127 e. The van der Waals surface area contributed by atoms with Crippen molar-refractivity contribution in [2.45, 2.75) is 51.4 Å². The first-order valence-electron chi connectivity index (χ1n) is 4.37. The van der Waals surface area contributed by atoms with Crippen LogP contribution in [0.1, 0.15) is 27.2 Å². The van der Waals surface area contributed by atoms with E-state index in [4.69, 9.17) is 11.6 Å². The average molecular weight is 193 g/mol. The molecule has 68 valence electrons. The molecule has 0 saturated heterocycles. The van der Waals surface area contributed by atoms with Crippen LogP contribution < -0.4 is 0 Å². The van der Waals surface area contributed by atoms with Crippen LogP contribution in [-0.2, 0) is 0 Å². The summed E-state index contributed by atoms with van der Waals surface area (Å²) in [7, 11) is -1.01. The van der Waals surface area contributed by atoms with Crippen molar-refractivity contribution in [3.8, 4) is 0 Å². The van der Waals surface area contributed by atoms with Gasteiger partial charge >= 0.3 is 0 Å². The van der Waals surface area contributed by atoms with E-state index < -0.39 is 8.07 Å². The normalized spacial score (nSPS) is 13.6. The Morgan fingerprint density at radius 1 is 1.18 bits per heavy atom. The van der Waals surface area contributed by atoms with Gasteiger partial charge in [0.15, 0.2) is 0 Å². The lowest BCUT2D eigenvalue weighted by atomic mass is 10.2. The van der Waals surface area contributed by atoms with Crippen molar-refractivity contribution in [2.24, 2.45) is 0 Å². The smallest absolute Gasteiger partial charge is 0.0528 e. The second kappa shape index (κ2) is 3.95. The van der Waals surface area contributed by atoms with Crippen molar-refractivity contribution in [3.05, 3.63) is 0 Å². The van der Waals surface area contributed by atoms with Crippen LogP contribution in [0, 0.1) is 0 Å². The van der Waals surface area contributed by atoms with E-state index in [9.17, 15) is 0 Å². The predicted molar refractivity (Wildman–Crippen MR) is 57.3 cm³/mol. The molecule has 2 heteroatoms. The van der Waals surface area contributed by atoms with Gasteiger partial charge in [0.2, 0.25) is 0 Å². The summed E-state index contributed by atoms with van der Waals surface area (Å²) in [5.41, 5.74) is 0. The van der Waals surface area contributed by atoms with Gasteiger partial charge in [0.25, 0.3) is 0 Å². The first kappa shape index (κ1) is 11.5. The first-order chi connectivity index (χ1) is 4.81. The fourth-order valence-electron chi connectivity index (χ4n) is 0.884. The van der Waals surface area contributed by atoms with Gasteiger partial charge in [-0.15, -0.1) is 11.6 Å². The number of halogens is 1. The monoisotopic (exact) mass is 192 g/mol. The van der Waals surface area contributed by atoms with Gasteiger partial charge in [-0.25, -0.2) is 0 Å². The molecule has 0 spiro atoms. The molecule has 0 aliphatic carbocycles. The molecule has 0 aliphatic heterocycles. The molecule has 11 heavy (non-hydrogen) atoms. The van der Waals surface area contributed by atoms with Crippen LogP contribution in [0.4, 0.5) is 0 Å². The second-order valence-electron chi connectivity index (χ2n) is 4.93. The van der Waals surface area contributed by atoms with Gasteiger partial charge in [0.1, 0.15) is 0 Å². The Balaban J connectivity index is 4.00. The van der Waals surface area contributed by atoms with E-state index in [1.54, 1.807) is 0 Å². The molecule has 0 rings (SSSR count). The molecule has 0 aromatic rings. The van der Waals surface area contributed by atoms with Gasteiger partial charge in [-0.05, 0) is 11.5 Å². The summed E-state index contributed by atoms with van der Waals surface area (Å²) in [4.78, 5) is 0. The summed E-state index contributed by atoms with van der Waals surface area (Å²) in [5, 5.41) is 0.527. The molecule has 0 nitrogen and oxygen atoms in total. The van der Waals surface area contributed by atoms with E-state index in [1.807, 2.05) is 0 Å². The van der Waals surface area contributed by atoms with Crippen molar-refractivity contribution in [3.63, 3.8) is 0 Å². The molecule has 0 aromatic heterocycles. The maximum atomic E-state index is 5.68. The third-order valence-corrected chi connectivity index (χ3v) is 8.90. The molecule has 0 N–H and O–H groups in total. The fraction of sp³-hybridized carbons (Fsp3) is 1.00. The quantitative estimate of drug-likeness (QED) is 0.466. The summed E-state index contributed by atoms with van der Waals surface area (Å²) in [6, 6.07) is 1.36. The zero-order chi connectivity index (χ0) is 9.12. The van der Waals surface area contributed by atoms with Crippen LogP contribution in [-0.4, -0.2) is 14.0 Å². The molecule has 0 radical (unpaired) electrons. The zero-order valence-corrected chi connectivity index (χ0v) is 10.3. The second-order valence-corrected chi connectivity index (χ2v) is 11.1. The average Bonchev–Trinajstić information content (AvgIpc) is 1.81. The Bertz CT molecular complexity index is 113. The molecule has 0 amide bonds. The molecule has 0 fully saturated rings. The third kappa shape index (κ3) is 3.61. The van der Waals surface area contributed by atoms with Crippen molar-refractivity contribution >= 4 is 19.7 Å². The Labute approximate surface area is 77.3 Å². The molecule has 0 saturated carbocycles. The Morgan fingerprint density at radius 2 is 1.64 bits per heavy atom. The van der Waals surface area contributed by atoms with E-state index in [0.29, 0.717) is 5.04 Å². The van der Waals surface area contributed by atoms with Gasteiger partial charge in [-0.2, -0.15) is 0 Å². The molecule has 0 aliphatic rings. The van der Waals surface area contributed by atoms with Gasteiger partial charge in [0.05, 0.1) is 8.07 Å². The molecule has 0 atom stereocenters. The van der Waals surface area contributed by atoms with Crippen LogP contribution in [0.15, 0.2) is 0 Å². The molecule has 0 heterocycles. The van der Waals surface area contributed by atoms with E-state index >= 15 is 0 Å². The zero-order valence-electron chi connectivity index (χ0n) is 8.50. The van der Waals surface area contributed by atoms with Crippen molar-refractivity contribution in [1.82, 2.24) is 0 Å². The molecule has 0 bridgehead atoms. The van der Waals surface area contributed by atoms with E-state index in [2.05, 4.69) is 33.9 Å². The van der Waals surface area contributed by atoms with Crippen molar-refractivity contribution in [2.75, 3.05) is 5.88 Å². The topological polar surface area (TPSA) is 0 Å². The summed E-state index contributed by atoms with van der Waals surface area (Å²) >= 11 is 5.68. The molecule has 0 unspecified atom stereocenters. The van der Waals surface area contributed by atoms with Crippen LogP contribution in [0.25, 0.3) is 0 Å². The largest absolute Gasteiger partial charge is 0.127 e. The number of rotatable bonds is 3. The Hall–Kier alpha value is 0.507. The third-order valence-electron chi connectivity index (χ3n) is 2.97. The van der Waals surface area contributed by atoms with Crippen LogP contribution in [0.2, 0.25) is 24.2 Å². The highest BCUT2D eigenvalue weighted by Crippen LogP contribution is 2.39. The molecular weight excluding hydrogens is 172 g/mol. The van der Waals surface area contributed by atoms with Crippen LogP contribution in [0.5, 0.6) is 0 Å². The predicted octanol–water partition coefficient (Wildman–Crippen LogP) is 4.12. The van der Waals surface area contributed by atoms with Crippen molar-refractivity contribution in [1.29, 1.82) is 0 Å². The Morgan fingerprint density at radius 3 is 1.91 bits per heavy atom. The van der Waals surface area contributed by atoms with Gasteiger partial charge in [-0.3, -0.25) is 0 Å². The maximum absolute atomic E-state index is 5.68. The first-order valence-corrected chi connectivity index (χ1v) is 8.11. The summed E-state index contributed by atoms with van der Waals surface area (Å²) in [5.74, 6) is 0.826. The summed E-state index contributed by atoms with van der Waals surface area (Å²) in [6.45, 7) is 12.0. The Kier molecular flexibility index (Phi) is 4.13. The minimum atomic E-state index is -1.01. The van der Waals surface area contributed by atoms with Crippen LogP contribution >= 0.6 is 11.6 Å². The summed E-state index contributed by atoms with van der Waals surface area (Å²) < 4.78 is 0. The van der Waals surface area contributed by atoms with E-state index in [0.717, 1.165) is 5.88 Å². The minimum absolute atomic E-state index is 0.527. The fourth-order valence-corrected chi connectivity index (χ4v) is 3.05. The highest BCUT2D eigenvalue weighted by atomic mass is 35.5. The van der Waals surface area contributed by atoms with Gasteiger partial charge in [-0.1, -0.05) is 39.9 Å². The number of hydrogen-bond donors (Lipinski definition) is 0. The molecule has 0 aromatic carbocycles.